The van der Waals surface area contributed by atoms with E-state index in [1.807, 2.05) is 41.1 Å². The molecule has 0 aliphatic heterocycles. The molecule has 1 heterocycles. The molecular weight excluding hydrogens is 355 g/mol. The third-order valence-corrected chi connectivity index (χ3v) is 3.84. The Hall–Kier alpha value is -3.43. The fraction of sp³-hybridized carbons (Fsp3) is 0. The second-order valence-corrected chi connectivity index (χ2v) is 5.72. The zero-order valence-electron chi connectivity index (χ0n) is 13.4. The van der Waals surface area contributed by atoms with Crippen LogP contribution in [0, 0.1) is 17.1 Å². The Bertz CT molecular complexity index is 1020. The van der Waals surface area contributed by atoms with Gasteiger partial charge in [-0.05, 0) is 54.6 Å². The van der Waals surface area contributed by atoms with Crippen LogP contribution < -0.4 is 5.43 Å². The van der Waals surface area contributed by atoms with E-state index in [1.165, 1.54) is 18.3 Å². The minimum absolute atomic E-state index is 0.142. The van der Waals surface area contributed by atoms with Crippen LogP contribution in [0.15, 0.2) is 65.9 Å². The van der Waals surface area contributed by atoms with Gasteiger partial charge < -0.3 is 4.57 Å². The maximum atomic E-state index is 13.8. The molecule has 0 atom stereocenters. The summed E-state index contributed by atoms with van der Waals surface area (Å²) in [6.07, 6.45) is 3.29. The first kappa shape index (κ1) is 17.4. The lowest BCUT2D eigenvalue weighted by molar-refractivity contribution is 0.0951. The van der Waals surface area contributed by atoms with Crippen molar-refractivity contribution in [3.63, 3.8) is 0 Å². The summed E-state index contributed by atoms with van der Waals surface area (Å²) in [5, 5.41) is 13.2. The van der Waals surface area contributed by atoms with Crippen LogP contribution in [0.5, 0.6) is 0 Å². The molecule has 26 heavy (non-hydrogen) atoms. The van der Waals surface area contributed by atoms with E-state index in [2.05, 4.69) is 10.5 Å². The number of aromatic nitrogens is 1. The lowest BCUT2D eigenvalue weighted by Gasteiger charge is -2.06. The number of hydrazone groups is 1. The summed E-state index contributed by atoms with van der Waals surface area (Å²) < 4.78 is 15.7. The normalized spacial score (nSPS) is 10.7. The molecule has 0 spiro atoms. The van der Waals surface area contributed by atoms with Gasteiger partial charge in [-0.1, -0.05) is 11.6 Å². The van der Waals surface area contributed by atoms with Gasteiger partial charge in [-0.2, -0.15) is 10.4 Å². The highest BCUT2D eigenvalue weighted by molar-refractivity contribution is 6.30. The van der Waals surface area contributed by atoms with Gasteiger partial charge in [0.25, 0.3) is 5.91 Å². The fourth-order valence-corrected chi connectivity index (χ4v) is 2.45. The lowest BCUT2D eigenvalue weighted by Crippen LogP contribution is -2.19. The summed E-state index contributed by atoms with van der Waals surface area (Å²) in [7, 11) is 0. The van der Waals surface area contributed by atoms with Crippen molar-refractivity contribution >= 4 is 23.7 Å². The van der Waals surface area contributed by atoms with Crippen molar-refractivity contribution in [2.24, 2.45) is 5.10 Å². The quantitative estimate of drug-likeness (QED) is 0.562. The van der Waals surface area contributed by atoms with Gasteiger partial charge >= 0.3 is 0 Å². The molecular formula is C19H12ClFN4O. The molecule has 0 fully saturated rings. The number of hydrogen-bond donors (Lipinski definition) is 1. The van der Waals surface area contributed by atoms with Crippen molar-refractivity contribution in [3.05, 3.63) is 88.5 Å². The molecule has 2 aromatic carbocycles. The minimum Gasteiger partial charge on any atom is -0.316 e. The van der Waals surface area contributed by atoms with Gasteiger partial charge in [0.15, 0.2) is 0 Å². The Kier molecular flexibility index (Phi) is 5.11. The predicted molar refractivity (Wildman–Crippen MR) is 97.0 cm³/mol. The third kappa shape index (κ3) is 3.79. The van der Waals surface area contributed by atoms with Crippen LogP contribution in [0.1, 0.15) is 21.6 Å². The van der Waals surface area contributed by atoms with Crippen LogP contribution in [0.4, 0.5) is 4.39 Å². The molecule has 128 valence electrons. The molecule has 0 saturated carbocycles. The van der Waals surface area contributed by atoms with E-state index in [-0.39, 0.29) is 11.1 Å². The van der Waals surface area contributed by atoms with E-state index >= 15 is 0 Å². The molecule has 0 aliphatic carbocycles. The number of hydrogen-bond acceptors (Lipinski definition) is 3. The molecule has 0 radical (unpaired) electrons. The smallest absolute Gasteiger partial charge is 0.274 e. The Labute approximate surface area is 153 Å². The molecule has 3 rings (SSSR count). The fourth-order valence-electron chi connectivity index (χ4n) is 2.32. The number of carbonyl (C=O) groups excluding carboxylic acids is 1. The number of halogens is 2. The average Bonchev–Trinajstić information content (AvgIpc) is 3.10. The summed E-state index contributed by atoms with van der Waals surface area (Å²) >= 11 is 5.89. The molecule has 5 nitrogen and oxygen atoms in total. The summed E-state index contributed by atoms with van der Waals surface area (Å²) in [6, 6.07) is 16.3. The Morgan fingerprint density at radius 3 is 2.69 bits per heavy atom. The van der Waals surface area contributed by atoms with Crippen molar-refractivity contribution < 1.29 is 9.18 Å². The summed E-state index contributed by atoms with van der Waals surface area (Å²) in [4.78, 5) is 12.0. The lowest BCUT2D eigenvalue weighted by atomic mass is 10.1. The first-order valence-electron chi connectivity index (χ1n) is 7.55. The number of nitrogens with one attached hydrogen (secondary N) is 1. The van der Waals surface area contributed by atoms with Crippen molar-refractivity contribution in [2.45, 2.75) is 0 Å². The summed E-state index contributed by atoms with van der Waals surface area (Å²) in [5.74, 6) is -1.48. The first-order valence-corrected chi connectivity index (χ1v) is 7.92. The van der Waals surface area contributed by atoms with E-state index < -0.39 is 11.7 Å². The standard InChI is InChI=1S/C19H12ClFN4O/c20-14-4-6-15(7-5-14)25-9-1-2-16(25)12-23-24-19(26)17-8-3-13(11-22)10-18(17)21/h1-10,12H,(H,24,26). The van der Waals surface area contributed by atoms with Crippen molar-refractivity contribution in [1.29, 1.82) is 5.26 Å². The first-order chi connectivity index (χ1) is 12.6. The van der Waals surface area contributed by atoms with Crippen LogP contribution in [0.2, 0.25) is 5.02 Å². The number of carbonyl (C=O) groups is 1. The van der Waals surface area contributed by atoms with Gasteiger partial charge in [-0.3, -0.25) is 4.79 Å². The topological polar surface area (TPSA) is 70.2 Å². The predicted octanol–water partition coefficient (Wildman–Crippen LogP) is 3.91. The van der Waals surface area contributed by atoms with Gasteiger partial charge in [-0.25, -0.2) is 9.82 Å². The molecule has 0 bridgehead atoms. The van der Waals surface area contributed by atoms with Crippen molar-refractivity contribution in [1.82, 2.24) is 9.99 Å². The van der Waals surface area contributed by atoms with E-state index in [0.29, 0.717) is 10.7 Å². The molecule has 1 amide bonds. The van der Waals surface area contributed by atoms with Crippen LogP contribution in [0.25, 0.3) is 5.69 Å². The Balaban J connectivity index is 1.74. The maximum absolute atomic E-state index is 13.8. The summed E-state index contributed by atoms with van der Waals surface area (Å²) in [5.41, 5.74) is 3.83. The van der Waals surface area contributed by atoms with Gasteiger partial charge in [0.2, 0.25) is 0 Å². The maximum Gasteiger partial charge on any atom is 0.274 e. The number of rotatable bonds is 4. The highest BCUT2D eigenvalue weighted by atomic mass is 35.5. The molecule has 0 aliphatic rings. The summed E-state index contributed by atoms with van der Waals surface area (Å²) in [6.45, 7) is 0. The number of benzene rings is 2. The SMILES string of the molecule is N#Cc1ccc(C(=O)NN=Cc2cccn2-c2ccc(Cl)cc2)c(F)c1. The monoisotopic (exact) mass is 366 g/mol. The molecule has 7 heteroatoms. The van der Waals surface area contributed by atoms with Crippen LogP contribution in [-0.2, 0) is 0 Å². The Morgan fingerprint density at radius 1 is 1.23 bits per heavy atom. The largest absolute Gasteiger partial charge is 0.316 e. The Morgan fingerprint density at radius 2 is 2.00 bits per heavy atom. The van der Waals surface area contributed by atoms with Gasteiger partial charge in [0, 0.05) is 16.9 Å². The minimum atomic E-state index is -0.777. The second kappa shape index (κ2) is 7.64. The average molecular weight is 367 g/mol. The van der Waals surface area contributed by atoms with E-state index in [1.54, 1.807) is 12.1 Å². The number of amides is 1. The highest BCUT2D eigenvalue weighted by Crippen LogP contribution is 2.15. The molecule has 3 aromatic rings. The van der Waals surface area contributed by atoms with Gasteiger partial charge in [-0.15, -0.1) is 0 Å². The zero-order valence-corrected chi connectivity index (χ0v) is 14.1. The molecule has 1 aromatic heterocycles. The van der Waals surface area contributed by atoms with E-state index in [4.69, 9.17) is 16.9 Å². The van der Waals surface area contributed by atoms with Crippen molar-refractivity contribution in [3.8, 4) is 11.8 Å². The molecule has 0 saturated heterocycles. The van der Waals surface area contributed by atoms with Crippen LogP contribution in [0.3, 0.4) is 0 Å². The van der Waals surface area contributed by atoms with Crippen LogP contribution >= 0.6 is 11.6 Å². The van der Waals surface area contributed by atoms with Crippen LogP contribution in [-0.4, -0.2) is 16.7 Å². The zero-order chi connectivity index (χ0) is 18.5. The number of nitrogens with zero attached hydrogens (tertiary/aromatic N) is 3. The second-order valence-electron chi connectivity index (χ2n) is 5.29. The molecule has 0 unspecified atom stereocenters. The van der Waals surface area contributed by atoms with E-state index in [0.717, 1.165) is 11.8 Å². The van der Waals surface area contributed by atoms with E-state index in [9.17, 15) is 9.18 Å². The highest BCUT2D eigenvalue weighted by Gasteiger charge is 2.11. The van der Waals surface area contributed by atoms with Crippen molar-refractivity contribution in [2.75, 3.05) is 0 Å². The third-order valence-electron chi connectivity index (χ3n) is 3.59. The van der Waals surface area contributed by atoms with Gasteiger partial charge in [0.1, 0.15) is 5.82 Å². The number of nitriles is 1. The van der Waals surface area contributed by atoms with Gasteiger partial charge in [0.05, 0.1) is 29.1 Å². The molecule has 1 N–H and O–H groups in total.